The molecule has 0 amide bonds. The molecule has 9 heteroatoms. The van der Waals surface area contributed by atoms with Gasteiger partial charge in [0, 0.05) is 19.6 Å². The standard InChI is InChI=1S/C21H21ClFN7/c1-28-8-3-9-29(11-10-28)18-7-6-16-21(26-18)30-13-24-12-17(30)20(25-16)27-19-14(22)4-2-5-15(19)23/h2,4-7,12-13H,3,8-11H2,1H3,(H,25,27). The molecule has 30 heavy (non-hydrogen) atoms. The lowest BCUT2D eigenvalue weighted by Gasteiger charge is -2.22. The van der Waals surface area contributed by atoms with E-state index in [0.717, 1.165) is 38.4 Å². The van der Waals surface area contributed by atoms with Crippen molar-refractivity contribution in [1.29, 1.82) is 0 Å². The molecule has 4 aromatic rings. The summed E-state index contributed by atoms with van der Waals surface area (Å²) >= 11 is 6.18. The number of hydrogen-bond donors (Lipinski definition) is 1. The van der Waals surface area contributed by atoms with Crippen LogP contribution in [0.2, 0.25) is 5.02 Å². The Hall–Kier alpha value is -2.97. The van der Waals surface area contributed by atoms with Crippen LogP contribution < -0.4 is 10.2 Å². The van der Waals surface area contributed by atoms with Gasteiger partial charge in [-0.3, -0.25) is 4.40 Å². The predicted octanol–water partition coefficient (Wildman–Crippen LogP) is 3.96. The number of anilines is 3. The van der Waals surface area contributed by atoms with Crippen LogP contribution in [0.25, 0.3) is 16.7 Å². The largest absolute Gasteiger partial charge is 0.355 e. The maximum Gasteiger partial charge on any atom is 0.166 e. The summed E-state index contributed by atoms with van der Waals surface area (Å²) in [4.78, 5) is 18.5. The fraction of sp³-hybridized carbons (Fsp3) is 0.286. The van der Waals surface area contributed by atoms with Crippen molar-refractivity contribution in [2.45, 2.75) is 6.42 Å². The Labute approximate surface area is 178 Å². The van der Waals surface area contributed by atoms with Crippen LogP contribution >= 0.6 is 11.6 Å². The van der Waals surface area contributed by atoms with Crippen molar-refractivity contribution in [3.8, 4) is 0 Å². The zero-order chi connectivity index (χ0) is 20.7. The van der Waals surface area contributed by atoms with Crippen molar-refractivity contribution in [1.82, 2.24) is 24.3 Å². The number of nitrogens with one attached hydrogen (secondary N) is 1. The second-order valence-corrected chi connectivity index (χ2v) is 7.89. The van der Waals surface area contributed by atoms with Gasteiger partial charge in [-0.15, -0.1) is 0 Å². The predicted molar refractivity (Wildman–Crippen MR) is 117 cm³/mol. The van der Waals surface area contributed by atoms with Crippen LogP contribution in [0.5, 0.6) is 0 Å². The molecule has 5 rings (SSSR count). The summed E-state index contributed by atoms with van der Waals surface area (Å²) in [6.45, 7) is 3.99. The van der Waals surface area contributed by atoms with Crippen LogP contribution in [0.3, 0.4) is 0 Å². The molecule has 0 spiro atoms. The quantitative estimate of drug-likeness (QED) is 0.536. The van der Waals surface area contributed by atoms with E-state index in [9.17, 15) is 4.39 Å². The molecule has 0 saturated carbocycles. The van der Waals surface area contributed by atoms with Crippen LogP contribution in [0.15, 0.2) is 42.9 Å². The summed E-state index contributed by atoms with van der Waals surface area (Å²) in [7, 11) is 2.15. The first-order valence-electron chi connectivity index (χ1n) is 9.87. The summed E-state index contributed by atoms with van der Waals surface area (Å²) in [5, 5.41) is 3.32. The van der Waals surface area contributed by atoms with E-state index in [0.29, 0.717) is 22.5 Å². The average Bonchev–Trinajstić information content (AvgIpc) is 3.14. The molecule has 0 atom stereocenters. The lowest BCUT2D eigenvalue weighted by molar-refractivity contribution is 0.360. The van der Waals surface area contributed by atoms with Gasteiger partial charge in [0.2, 0.25) is 0 Å². The number of aromatic nitrogens is 4. The van der Waals surface area contributed by atoms with Crippen molar-refractivity contribution >= 4 is 45.6 Å². The van der Waals surface area contributed by atoms with Gasteiger partial charge in [-0.25, -0.2) is 19.3 Å². The molecule has 1 saturated heterocycles. The number of likely N-dealkylation sites (N-methyl/N-ethyl adjacent to an activating group) is 1. The number of hydrogen-bond acceptors (Lipinski definition) is 6. The van der Waals surface area contributed by atoms with E-state index in [1.165, 1.54) is 6.07 Å². The summed E-state index contributed by atoms with van der Waals surface area (Å²) in [5.74, 6) is 0.951. The Bertz CT molecular complexity index is 1200. The Morgan fingerprint density at radius 1 is 1.07 bits per heavy atom. The van der Waals surface area contributed by atoms with E-state index in [2.05, 4.69) is 32.1 Å². The van der Waals surface area contributed by atoms with E-state index < -0.39 is 5.82 Å². The normalized spacial score (nSPS) is 15.6. The molecule has 0 bridgehead atoms. The van der Waals surface area contributed by atoms with Gasteiger partial charge in [0.15, 0.2) is 11.5 Å². The highest BCUT2D eigenvalue weighted by molar-refractivity contribution is 6.33. The zero-order valence-corrected chi connectivity index (χ0v) is 17.3. The van der Waals surface area contributed by atoms with Crippen molar-refractivity contribution in [2.75, 3.05) is 43.4 Å². The van der Waals surface area contributed by atoms with Gasteiger partial charge >= 0.3 is 0 Å². The third kappa shape index (κ3) is 3.42. The highest BCUT2D eigenvalue weighted by Gasteiger charge is 2.17. The highest BCUT2D eigenvalue weighted by atomic mass is 35.5. The fourth-order valence-electron chi connectivity index (χ4n) is 3.79. The lowest BCUT2D eigenvalue weighted by Crippen LogP contribution is -2.29. The molecule has 7 nitrogen and oxygen atoms in total. The number of imidazole rings is 1. The molecule has 1 aromatic carbocycles. The molecule has 0 radical (unpaired) electrons. The van der Waals surface area contributed by atoms with Crippen molar-refractivity contribution in [3.63, 3.8) is 0 Å². The van der Waals surface area contributed by atoms with Crippen molar-refractivity contribution in [2.24, 2.45) is 0 Å². The van der Waals surface area contributed by atoms with Crippen LogP contribution in [0.1, 0.15) is 6.42 Å². The van der Waals surface area contributed by atoms with Gasteiger partial charge in [-0.1, -0.05) is 17.7 Å². The van der Waals surface area contributed by atoms with Crippen LogP contribution in [-0.2, 0) is 0 Å². The van der Waals surface area contributed by atoms with Crippen molar-refractivity contribution in [3.05, 3.63) is 53.7 Å². The third-order valence-electron chi connectivity index (χ3n) is 5.43. The maximum absolute atomic E-state index is 14.3. The number of nitrogens with zero attached hydrogens (tertiary/aromatic N) is 6. The molecule has 154 valence electrons. The van der Waals surface area contributed by atoms with E-state index in [4.69, 9.17) is 16.6 Å². The van der Waals surface area contributed by atoms with Crippen LogP contribution in [0.4, 0.5) is 21.7 Å². The van der Waals surface area contributed by atoms with E-state index >= 15 is 0 Å². The van der Waals surface area contributed by atoms with Crippen LogP contribution in [0, 0.1) is 5.82 Å². The van der Waals surface area contributed by atoms with Crippen molar-refractivity contribution < 1.29 is 4.39 Å². The van der Waals surface area contributed by atoms with E-state index in [1.54, 1.807) is 24.7 Å². The minimum atomic E-state index is -0.443. The molecular formula is C21H21ClFN7. The average molecular weight is 426 g/mol. The SMILES string of the molecule is CN1CCCN(c2ccc3nc(Nc4c(F)cccc4Cl)c4cncn4c3n2)CC1. The first kappa shape index (κ1) is 19.0. The first-order valence-corrected chi connectivity index (χ1v) is 10.3. The van der Waals surface area contributed by atoms with Crippen LogP contribution in [-0.4, -0.2) is 57.5 Å². The number of halogens is 2. The van der Waals surface area contributed by atoms with Gasteiger partial charge < -0.3 is 15.1 Å². The fourth-order valence-corrected chi connectivity index (χ4v) is 4.00. The zero-order valence-electron chi connectivity index (χ0n) is 16.5. The van der Waals surface area contributed by atoms with E-state index in [1.807, 2.05) is 16.5 Å². The molecule has 1 N–H and O–H groups in total. The molecule has 1 fully saturated rings. The smallest absolute Gasteiger partial charge is 0.166 e. The maximum atomic E-state index is 14.3. The monoisotopic (exact) mass is 425 g/mol. The summed E-state index contributed by atoms with van der Waals surface area (Å²) < 4.78 is 16.1. The first-order chi connectivity index (χ1) is 14.6. The Morgan fingerprint density at radius 2 is 1.97 bits per heavy atom. The minimum Gasteiger partial charge on any atom is -0.355 e. The highest BCUT2D eigenvalue weighted by Crippen LogP contribution is 2.30. The lowest BCUT2D eigenvalue weighted by atomic mass is 10.3. The molecule has 1 aliphatic rings. The summed E-state index contributed by atoms with van der Waals surface area (Å²) in [6, 6.07) is 8.49. The van der Waals surface area contributed by atoms with Gasteiger partial charge in [0.1, 0.15) is 29.0 Å². The van der Waals surface area contributed by atoms with Gasteiger partial charge in [-0.2, -0.15) is 0 Å². The summed E-state index contributed by atoms with van der Waals surface area (Å²) in [5.41, 5.74) is 2.28. The number of para-hydroxylation sites is 1. The Morgan fingerprint density at radius 3 is 2.83 bits per heavy atom. The molecule has 0 unspecified atom stereocenters. The van der Waals surface area contributed by atoms with Gasteiger partial charge in [0.05, 0.1) is 16.9 Å². The second-order valence-electron chi connectivity index (χ2n) is 7.49. The molecule has 0 aliphatic carbocycles. The summed E-state index contributed by atoms with van der Waals surface area (Å²) in [6.07, 6.45) is 4.47. The second kappa shape index (κ2) is 7.70. The minimum absolute atomic E-state index is 0.187. The molecule has 4 heterocycles. The number of benzene rings is 1. The van der Waals surface area contributed by atoms with E-state index in [-0.39, 0.29) is 10.7 Å². The molecule has 1 aliphatic heterocycles. The molecule has 3 aromatic heterocycles. The Balaban J connectivity index is 1.58. The van der Waals surface area contributed by atoms with Gasteiger partial charge in [-0.05, 0) is 44.3 Å². The third-order valence-corrected chi connectivity index (χ3v) is 5.75. The number of pyridine rings is 1. The van der Waals surface area contributed by atoms with Gasteiger partial charge in [0.25, 0.3) is 0 Å². The number of rotatable bonds is 3. The topological polar surface area (TPSA) is 61.6 Å². The molecular weight excluding hydrogens is 405 g/mol. The Kier molecular flexibility index (Phi) is 4.88. The number of fused-ring (bicyclic) bond motifs is 3.